The van der Waals surface area contributed by atoms with Gasteiger partial charge >= 0.3 is 0 Å². The van der Waals surface area contributed by atoms with Gasteiger partial charge in [-0.25, -0.2) is 8.42 Å². The maximum Gasteiger partial charge on any atom is 0.252 e. The van der Waals surface area contributed by atoms with Crippen LogP contribution in [0.25, 0.3) is 0 Å². The van der Waals surface area contributed by atoms with E-state index in [-0.39, 0.29) is 0 Å². The second-order valence-electron chi connectivity index (χ2n) is 6.04. The van der Waals surface area contributed by atoms with E-state index >= 15 is 0 Å². The summed E-state index contributed by atoms with van der Waals surface area (Å²) in [6.07, 6.45) is 8.72. The van der Waals surface area contributed by atoms with E-state index in [0.29, 0.717) is 17.3 Å². The van der Waals surface area contributed by atoms with Gasteiger partial charge < -0.3 is 4.90 Å². The summed E-state index contributed by atoms with van der Waals surface area (Å²) in [5.41, 5.74) is 1.60. The highest BCUT2D eigenvalue weighted by molar-refractivity contribution is 7.91. The molecule has 0 radical (unpaired) electrons. The van der Waals surface area contributed by atoms with Crippen molar-refractivity contribution < 1.29 is 8.42 Å². The fourth-order valence-electron chi connectivity index (χ4n) is 3.16. The van der Waals surface area contributed by atoms with Gasteiger partial charge in [0, 0.05) is 32.7 Å². The van der Waals surface area contributed by atoms with E-state index in [1.54, 1.807) is 22.0 Å². The third-order valence-corrected chi connectivity index (χ3v) is 7.83. The maximum absolute atomic E-state index is 12.5. The van der Waals surface area contributed by atoms with E-state index in [0.717, 1.165) is 26.1 Å². The molecular formula is C16H24N2O2S2. The van der Waals surface area contributed by atoms with Gasteiger partial charge in [-0.1, -0.05) is 17.7 Å². The van der Waals surface area contributed by atoms with E-state index < -0.39 is 10.0 Å². The Morgan fingerprint density at radius 2 is 1.95 bits per heavy atom. The molecule has 0 spiro atoms. The third-order valence-electron chi connectivity index (χ3n) is 4.55. The molecule has 3 rings (SSSR count). The molecule has 2 heterocycles. The van der Waals surface area contributed by atoms with Crippen molar-refractivity contribution in [1.29, 1.82) is 0 Å². The van der Waals surface area contributed by atoms with Crippen LogP contribution >= 0.6 is 11.3 Å². The Kier molecular flexibility index (Phi) is 5.33. The van der Waals surface area contributed by atoms with Gasteiger partial charge in [-0.3, -0.25) is 0 Å². The SMILES string of the molecule is O=S(=O)(c1cccs1)N1CCN(CCC2=CCCCC2)CC1. The van der Waals surface area contributed by atoms with Crippen molar-refractivity contribution in [2.75, 3.05) is 32.7 Å². The monoisotopic (exact) mass is 340 g/mol. The van der Waals surface area contributed by atoms with E-state index in [4.69, 9.17) is 0 Å². The molecule has 1 aliphatic carbocycles. The lowest BCUT2D eigenvalue weighted by Crippen LogP contribution is -2.48. The Hall–Kier alpha value is -0.690. The summed E-state index contributed by atoms with van der Waals surface area (Å²) in [6.45, 7) is 3.98. The number of thiophene rings is 1. The van der Waals surface area contributed by atoms with Crippen LogP contribution in [-0.2, 0) is 10.0 Å². The molecular weight excluding hydrogens is 316 g/mol. The number of nitrogens with zero attached hydrogens (tertiary/aromatic N) is 2. The Balaban J connectivity index is 1.49. The standard InChI is InChI=1S/C16H24N2O2S2/c19-22(20,16-7-4-14-21-16)18-12-10-17(11-13-18)9-8-15-5-2-1-3-6-15/h4-5,7,14H,1-3,6,8-13H2. The molecule has 0 bridgehead atoms. The molecule has 2 aliphatic rings. The van der Waals surface area contributed by atoms with Crippen LogP contribution in [0, 0.1) is 0 Å². The van der Waals surface area contributed by atoms with Crippen LogP contribution in [0.1, 0.15) is 32.1 Å². The molecule has 1 aromatic rings. The van der Waals surface area contributed by atoms with Crippen LogP contribution in [0.2, 0.25) is 0 Å². The Morgan fingerprint density at radius 1 is 1.14 bits per heavy atom. The van der Waals surface area contributed by atoms with Crippen LogP contribution in [0.5, 0.6) is 0 Å². The van der Waals surface area contributed by atoms with E-state index in [1.807, 2.05) is 5.38 Å². The second-order valence-corrected chi connectivity index (χ2v) is 9.15. The maximum atomic E-state index is 12.5. The van der Waals surface area contributed by atoms with Gasteiger partial charge in [-0.15, -0.1) is 11.3 Å². The highest BCUT2D eigenvalue weighted by atomic mass is 32.2. The number of piperazine rings is 1. The largest absolute Gasteiger partial charge is 0.300 e. The summed E-state index contributed by atoms with van der Waals surface area (Å²) < 4.78 is 27.0. The summed E-state index contributed by atoms with van der Waals surface area (Å²) in [4.78, 5) is 2.40. The average Bonchev–Trinajstić information content (AvgIpc) is 3.10. The molecule has 0 N–H and O–H groups in total. The predicted octanol–water partition coefficient (Wildman–Crippen LogP) is 2.94. The lowest BCUT2D eigenvalue weighted by Gasteiger charge is -2.34. The molecule has 1 fully saturated rings. The molecule has 0 atom stereocenters. The minimum absolute atomic E-state index is 0.466. The zero-order valence-corrected chi connectivity index (χ0v) is 14.5. The molecule has 0 saturated carbocycles. The Labute approximate surface area is 137 Å². The molecule has 6 heteroatoms. The molecule has 22 heavy (non-hydrogen) atoms. The van der Waals surface area contributed by atoms with E-state index in [1.165, 1.54) is 37.0 Å². The smallest absolute Gasteiger partial charge is 0.252 e. The molecule has 1 saturated heterocycles. The van der Waals surface area contributed by atoms with Crippen LogP contribution < -0.4 is 0 Å². The van der Waals surface area contributed by atoms with Crippen molar-refractivity contribution in [3.05, 3.63) is 29.2 Å². The van der Waals surface area contributed by atoms with Gasteiger partial charge in [0.1, 0.15) is 4.21 Å². The van der Waals surface area contributed by atoms with Crippen molar-refractivity contribution in [3.8, 4) is 0 Å². The van der Waals surface area contributed by atoms with Crippen molar-refractivity contribution in [2.24, 2.45) is 0 Å². The summed E-state index contributed by atoms with van der Waals surface area (Å²) in [6, 6.07) is 3.49. The van der Waals surface area contributed by atoms with Crippen molar-refractivity contribution in [2.45, 2.75) is 36.3 Å². The first-order valence-electron chi connectivity index (χ1n) is 8.10. The molecule has 0 amide bonds. The average molecular weight is 341 g/mol. The molecule has 1 aliphatic heterocycles. The van der Waals surface area contributed by atoms with Crippen LogP contribution in [0.4, 0.5) is 0 Å². The molecule has 1 aromatic heterocycles. The first-order valence-corrected chi connectivity index (χ1v) is 10.4. The number of hydrogen-bond donors (Lipinski definition) is 0. The summed E-state index contributed by atoms with van der Waals surface area (Å²) in [5.74, 6) is 0. The number of rotatable bonds is 5. The number of allylic oxidation sites excluding steroid dienone is 1. The minimum atomic E-state index is -3.26. The second kappa shape index (κ2) is 7.25. The van der Waals surface area contributed by atoms with Gasteiger partial charge in [-0.05, 0) is 43.6 Å². The molecule has 0 aromatic carbocycles. The molecule has 4 nitrogen and oxygen atoms in total. The first-order chi connectivity index (χ1) is 10.7. The highest BCUT2D eigenvalue weighted by Crippen LogP contribution is 2.23. The first kappa shape index (κ1) is 16.2. The topological polar surface area (TPSA) is 40.6 Å². The Bertz CT molecular complexity index is 600. The van der Waals surface area contributed by atoms with E-state index in [2.05, 4.69) is 11.0 Å². The van der Waals surface area contributed by atoms with Crippen LogP contribution in [0.3, 0.4) is 0 Å². The summed E-state index contributed by atoms with van der Waals surface area (Å²) >= 11 is 1.30. The predicted molar refractivity (Wildman–Crippen MR) is 90.7 cm³/mol. The molecule has 122 valence electrons. The molecule has 0 unspecified atom stereocenters. The number of hydrogen-bond acceptors (Lipinski definition) is 4. The quantitative estimate of drug-likeness (QED) is 0.774. The fourth-order valence-corrected chi connectivity index (χ4v) is 5.73. The van der Waals surface area contributed by atoms with Gasteiger partial charge in [0.05, 0.1) is 0 Å². The van der Waals surface area contributed by atoms with Crippen molar-refractivity contribution in [3.63, 3.8) is 0 Å². The van der Waals surface area contributed by atoms with Gasteiger partial charge in [-0.2, -0.15) is 4.31 Å². The fraction of sp³-hybridized carbons (Fsp3) is 0.625. The Morgan fingerprint density at radius 3 is 2.59 bits per heavy atom. The van der Waals surface area contributed by atoms with Gasteiger partial charge in [0.2, 0.25) is 0 Å². The van der Waals surface area contributed by atoms with Gasteiger partial charge in [0.25, 0.3) is 10.0 Å². The highest BCUT2D eigenvalue weighted by Gasteiger charge is 2.28. The van der Waals surface area contributed by atoms with Crippen LogP contribution in [-0.4, -0.2) is 50.3 Å². The van der Waals surface area contributed by atoms with Crippen LogP contribution in [0.15, 0.2) is 33.4 Å². The minimum Gasteiger partial charge on any atom is -0.300 e. The zero-order valence-electron chi connectivity index (χ0n) is 12.9. The number of sulfonamides is 1. The lowest BCUT2D eigenvalue weighted by molar-refractivity contribution is 0.189. The van der Waals surface area contributed by atoms with Crippen molar-refractivity contribution in [1.82, 2.24) is 9.21 Å². The normalized spacial score (nSPS) is 21.7. The summed E-state index contributed by atoms with van der Waals surface area (Å²) in [7, 11) is -3.26. The van der Waals surface area contributed by atoms with Gasteiger partial charge in [0.15, 0.2) is 0 Å². The summed E-state index contributed by atoms with van der Waals surface area (Å²) in [5, 5.41) is 1.82. The van der Waals surface area contributed by atoms with Crippen molar-refractivity contribution >= 4 is 21.4 Å². The zero-order chi connectivity index (χ0) is 15.4. The lowest BCUT2D eigenvalue weighted by atomic mass is 9.97. The van der Waals surface area contributed by atoms with E-state index in [9.17, 15) is 8.42 Å². The third kappa shape index (κ3) is 3.79.